The molecular weight excluding hydrogens is 246 g/mol. The molecule has 0 bridgehead atoms. The first-order valence-corrected chi connectivity index (χ1v) is 6.29. The highest BCUT2D eigenvalue weighted by molar-refractivity contribution is 5.67. The predicted octanol–water partition coefficient (Wildman–Crippen LogP) is 2.09. The molecule has 0 saturated heterocycles. The first-order valence-electron chi connectivity index (χ1n) is 6.29. The van der Waals surface area contributed by atoms with Crippen LogP contribution in [0.1, 0.15) is 25.8 Å². The minimum Gasteiger partial charge on any atom is -0.504 e. The maximum atomic E-state index is 10.7. The Hall–Kier alpha value is -1.75. The van der Waals surface area contributed by atoms with Gasteiger partial charge in [0.05, 0.1) is 13.5 Å². The molecule has 1 atom stereocenters. The Morgan fingerprint density at radius 2 is 2.16 bits per heavy atom. The molecule has 0 aromatic heterocycles. The number of carbonyl (C=O) groups is 1. The average Bonchev–Trinajstić information content (AvgIpc) is 2.36. The number of hydrogen-bond donors (Lipinski definition) is 2. The molecule has 106 valence electrons. The van der Waals surface area contributed by atoms with E-state index in [0.717, 1.165) is 12.1 Å². The number of aromatic hydroxyl groups is 1. The minimum absolute atomic E-state index is 0.0395. The summed E-state index contributed by atoms with van der Waals surface area (Å²) in [7, 11) is 1.50. The van der Waals surface area contributed by atoms with E-state index in [2.05, 4.69) is 4.90 Å². The van der Waals surface area contributed by atoms with E-state index in [1.54, 1.807) is 12.1 Å². The number of rotatable bonds is 7. The van der Waals surface area contributed by atoms with E-state index in [1.165, 1.54) is 7.11 Å². The zero-order valence-corrected chi connectivity index (χ0v) is 11.6. The molecule has 19 heavy (non-hydrogen) atoms. The second-order valence-corrected chi connectivity index (χ2v) is 4.52. The highest BCUT2D eigenvalue weighted by atomic mass is 16.5. The summed E-state index contributed by atoms with van der Waals surface area (Å²) in [6.45, 7) is 5.28. The number of phenolic OH excluding ortho intramolecular Hbond substituents is 1. The van der Waals surface area contributed by atoms with Gasteiger partial charge in [-0.05, 0) is 31.2 Å². The van der Waals surface area contributed by atoms with Crippen LogP contribution in [0.15, 0.2) is 18.2 Å². The van der Waals surface area contributed by atoms with E-state index < -0.39 is 5.97 Å². The Morgan fingerprint density at radius 1 is 1.47 bits per heavy atom. The van der Waals surface area contributed by atoms with Crippen molar-refractivity contribution in [3.8, 4) is 11.5 Å². The molecule has 0 amide bonds. The zero-order chi connectivity index (χ0) is 14.4. The van der Waals surface area contributed by atoms with Crippen LogP contribution >= 0.6 is 0 Å². The Morgan fingerprint density at radius 3 is 2.68 bits per heavy atom. The van der Waals surface area contributed by atoms with Crippen molar-refractivity contribution in [3.63, 3.8) is 0 Å². The molecule has 2 N–H and O–H groups in total. The molecule has 0 fully saturated rings. The van der Waals surface area contributed by atoms with Crippen LogP contribution in [0.25, 0.3) is 0 Å². The first kappa shape index (κ1) is 15.3. The van der Waals surface area contributed by atoms with Gasteiger partial charge in [0, 0.05) is 12.6 Å². The Bertz CT molecular complexity index is 433. The number of methoxy groups -OCH3 is 1. The molecule has 0 radical (unpaired) electrons. The van der Waals surface area contributed by atoms with Gasteiger partial charge in [-0.2, -0.15) is 0 Å². The minimum atomic E-state index is -0.797. The normalized spacial score (nSPS) is 12.4. The standard InChI is InChI=1S/C14H21NO4/c1-4-15(10(2)7-14(17)18)9-11-5-6-12(16)13(8-11)19-3/h5-6,8,10,16H,4,7,9H2,1-3H3,(H,17,18). The summed E-state index contributed by atoms with van der Waals surface area (Å²) in [5.41, 5.74) is 0.980. The number of phenols is 1. The third kappa shape index (κ3) is 4.44. The van der Waals surface area contributed by atoms with Crippen LogP contribution in [0.3, 0.4) is 0 Å². The molecule has 0 aliphatic rings. The van der Waals surface area contributed by atoms with E-state index in [-0.39, 0.29) is 18.2 Å². The van der Waals surface area contributed by atoms with Gasteiger partial charge in [0.2, 0.25) is 0 Å². The molecule has 5 nitrogen and oxygen atoms in total. The SMILES string of the molecule is CCN(Cc1ccc(O)c(OC)c1)C(C)CC(=O)O. The quantitative estimate of drug-likeness (QED) is 0.791. The average molecular weight is 267 g/mol. The van der Waals surface area contributed by atoms with E-state index in [0.29, 0.717) is 12.3 Å². The number of ether oxygens (including phenoxy) is 1. The van der Waals surface area contributed by atoms with Crippen molar-refractivity contribution in [1.29, 1.82) is 0 Å². The Balaban J connectivity index is 2.77. The molecule has 1 unspecified atom stereocenters. The van der Waals surface area contributed by atoms with E-state index in [9.17, 15) is 9.90 Å². The fourth-order valence-corrected chi connectivity index (χ4v) is 2.02. The molecule has 1 aromatic rings. The monoisotopic (exact) mass is 267 g/mol. The van der Waals surface area contributed by atoms with Crippen LogP contribution in [0.4, 0.5) is 0 Å². The maximum absolute atomic E-state index is 10.7. The summed E-state index contributed by atoms with van der Waals surface area (Å²) in [4.78, 5) is 12.8. The van der Waals surface area contributed by atoms with E-state index >= 15 is 0 Å². The molecule has 0 spiro atoms. The van der Waals surface area contributed by atoms with Gasteiger partial charge in [0.1, 0.15) is 0 Å². The predicted molar refractivity (Wildman–Crippen MR) is 72.5 cm³/mol. The van der Waals surface area contributed by atoms with Gasteiger partial charge >= 0.3 is 5.97 Å². The number of carboxylic acids is 1. The summed E-state index contributed by atoms with van der Waals surface area (Å²) in [5.74, 6) is -0.262. The lowest BCUT2D eigenvalue weighted by Gasteiger charge is -2.26. The van der Waals surface area contributed by atoms with E-state index in [4.69, 9.17) is 9.84 Å². The number of aliphatic carboxylic acids is 1. The van der Waals surface area contributed by atoms with Crippen LogP contribution < -0.4 is 4.74 Å². The topological polar surface area (TPSA) is 70.0 Å². The fraction of sp³-hybridized carbons (Fsp3) is 0.500. The third-order valence-corrected chi connectivity index (χ3v) is 3.13. The van der Waals surface area contributed by atoms with Gasteiger partial charge < -0.3 is 14.9 Å². The molecule has 0 heterocycles. The zero-order valence-electron chi connectivity index (χ0n) is 11.6. The summed E-state index contributed by atoms with van der Waals surface area (Å²) >= 11 is 0. The van der Waals surface area contributed by atoms with Gasteiger partial charge in [-0.3, -0.25) is 9.69 Å². The number of hydrogen-bond acceptors (Lipinski definition) is 4. The molecule has 0 saturated carbocycles. The van der Waals surface area contributed by atoms with Crippen molar-refractivity contribution in [1.82, 2.24) is 4.90 Å². The molecule has 1 aromatic carbocycles. The summed E-state index contributed by atoms with van der Waals surface area (Å²) in [6, 6.07) is 5.13. The molecule has 1 rings (SSSR count). The molecule has 0 aliphatic heterocycles. The Labute approximate surface area is 113 Å². The van der Waals surface area contributed by atoms with Gasteiger partial charge in [-0.1, -0.05) is 13.0 Å². The fourth-order valence-electron chi connectivity index (χ4n) is 2.02. The van der Waals surface area contributed by atoms with Crippen LogP contribution in [0, 0.1) is 0 Å². The second-order valence-electron chi connectivity index (χ2n) is 4.52. The van der Waals surface area contributed by atoms with Crippen molar-refractivity contribution in [2.75, 3.05) is 13.7 Å². The van der Waals surface area contributed by atoms with Crippen LogP contribution in [0.2, 0.25) is 0 Å². The number of benzene rings is 1. The van der Waals surface area contributed by atoms with Crippen LogP contribution in [0.5, 0.6) is 11.5 Å². The van der Waals surface area contributed by atoms with Gasteiger partial charge in [-0.25, -0.2) is 0 Å². The summed E-state index contributed by atoms with van der Waals surface area (Å²) in [6.07, 6.45) is 0.114. The molecule has 5 heteroatoms. The number of nitrogens with zero attached hydrogens (tertiary/aromatic N) is 1. The van der Waals surface area contributed by atoms with Gasteiger partial charge in [0.15, 0.2) is 11.5 Å². The van der Waals surface area contributed by atoms with Crippen molar-refractivity contribution in [2.24, 2.45) is 0 Å². The van der Waals surface area contributed by atoms with Gasteiger partial charge in [-0.15, -0.1) is 0 Å². The lowest BCUT2D eigenvalue weighted by atomic mass is 10.1. The number of carboxylic acid groups (broad SMARTS) is 1. The highest BCUT2D eigenvalue weighted by Crippen LogP contribution is 2.27. The second kappa shape index (κ2) is 6.99. The van der Waals surface area contributed by atoms with Crippen LogP contribution in [-0.4, -0.2) is 40.8 Å². The Kier molecular flexibility index (Phi) is 5.63. The van der Waals surface area contributed by atoms with Crippen molar-refractivity contribution in [2.45, 2.75) is 32.9 Å². The van der Waals surface area contributed by atoms with Crippen LogP contribution in [-0.2, 0) is 11.3 Å². The van der Waals surface area contributed by atoms with Gasteiger partial charge in [0.25, 0.3) is 0 Å². The van der Waals surface area contributed by atoms with E-state index in [1.807, 2.05) is 19.9 Å². The third-order valence-electron chi connectivity index (χ3n) is 3.13. The van der Waals surface area contributed by atoms with Crippen molar-refractivity contribution >= 4 is 5.97 Å². The van der Waals surface area contributed by atoms with Crippen molar-refractivity contribution in [3.05, 3.63) is 23.8 Å². The largest absolute Gasteiger partial charge is 0.504 e. The molecule has 0 aliphatic carbocycles. The summed E-state index contributed by atoms with van der Waals surface area (Å²) in [5, 5.41) is 18.4. The lowest BCUT2D eigenvalue weighted by molar-refractivity contribution is -0.138. The summed E-state index contributed by atoms with van der Waals surface area (Å²) < 4.78 is 5.06. The first-order chi connectivity index (χ1) is 8.97. The maximum Gasteiger partial charge on any atom is 0.304 e. The molecular formula is C14H21NO4. The van der Waals surface area contributed by atoms with Crippen molar-refractivity contribution < 1.29 is 19.7 Å². The highest BCUT2D eigenvalue weighted by Gasteiger charge is 2.16. The lowest BCUT2D eigenvalue weighted by Crippen LogP contribution is -2.34. The smallest absolute Gasteiger partial charge is 0.304 e.